The Labute approximate surface area is 114 Å². The van der Waals surface area contributed by atoms with Crippen LogP contribution in [0.3, 0.4) is 0 Å². The topological polar surface area (TPSA) is 69.6 Å². The number of rotatable bonds is 5. The first-order valence-electron chi connectivity index (χ1n) is 6.82. The van der Waals surface area contributed by atoms with E-state index in [0.29, 0.717) is 11.8 Å². The van der Waals surface area contributed by atoms with Gasteiger partial charge >= 0.3 is 12.0 Å². The van der Waals surface area contributed by atoms with Gasteiger partial charge in [-0.3, -0.25) is 4.79 Å². The van der Waals surface area contributed by atoms with Gasteiger partial charge in [0.2, 0.25) is 0 Å². The number of carboxylic acids is 1. The smallest absolute Gasteiger partial charge is 0.323 e. The predicted molar refractivity (Wildman–Crippen MR) is 73.9 cm³/mol. The quantitative estimate of drug-likeness (QED) is 0.750. The van der Waals surface area contributed by atoms with Crippen molar-refractivity contribution in [2.75, 3.05) is 13.1 Å². The zero-order chi connectivity index (χ0) is 14.4. The standard InChI is InChI=1S/C14H24N2O3/c1-4-7-16(9-13(17)18)14(19)15-12-6-5-10(2)8-11(12)3/h4,10-12H,1,5-9H2,2-3H3,(H,15,19)(H,17,18). The SMILES string of the molecule is C=CCN(CC(=O)O)C(=O)NC1CCC(C)CC1C. The number of hydrogen-bond acceptors (Lipinski definition) is 2. The summed E-state index contributed by atoms with van der Waals surface area (Å²) in [6.07, 6.45) is 4.71. The molecule has 0 saturated heterocycles. The maximum Gasteiger partial charge on any atom is 0.323 e. The van der Waals surface area contributed by atoms with Crippen molar-refractivity contribution < 1.29 is 14.7 Å². The van der Waals surface area contributed by atoms with E-state index < -0.39 is 5.97 Å². The number of carbonyl (C=O) groups is 2. The molecule has 1 aliphatic rings. The van der Waals surface area contributed by atoms with Crippen LogP contribution in [0, 0.1) is 11.8 Å². The molecule has 0 aliphatic heterocycles. The molecule has 0 aromatic carbocycles. The minimum Gasteiger partial charge on any atom is -0.480 e. The lowest BCUT2D eigenvalue weighted by Crippen LogP contribution is -2.49. The molecule has 108 valence electrons. The summed E-state index contributed by atoms with van der Waals surface area (Å²) in [5.74, 6) is 0.122. The summed E-state index contributed by atoms with van der Waals surface area (Å²) in [6, 6.07) is -0.168. The molecule has 1 saturated carbocycles. The maximum absolute atomic E-state index is 12.1. The Hall–Kier alpha value is -1.52. The summed E-state index contributed by atoms with van der Waals surface area (Å²) in [7, 11) is 0. The Morgan fingerprint density at radius 1 is 1.42 bits per heavy atom. The molecule has 0 heterocycles. The molecule has 2 N–H and O–H groups in total. The summed E-state index contributed by atoms with van der Waals surface area (Å²) >= 11 is 0. The second-order valence-electron chi connectivity index (χ2n) is 5.51. The zero-order valence-corrected chi connectivity index (χ0v) is 11.8. The lowest BCUT2D eigenvalue weighted by Gasteiger charge is -2.34. The molecule has 3 atom stereocenters. The van der Waals surface area contributed by atoms with Crippen LogP contribution in [0.4, 0.5) is 4.79 Å². The van der Waals surface area contributed by atoms with Gasteiger partial charge in [-0.15, -0.1) is 6.58 Å². The Bertz CT molecular complexity index is 344. The molecular weight excluding hydrogens is 244 g/mol. The summed E-state index contributed by atoms with van der Waals surface area (Å²) in [6.45, 7) is 7.86. The summed E-state index contributed by atoms with van der Waals surface area (Å²) in [4.78, 5) is 24.1. The highest BCUT2D eigenvalue weighted by Gasteiger charge is 2.28. The minimum atomic E-state index is -1.01. The van der Waals surface area contributed by atoms with Crippen molar-refractivity contribution in [3.8, 4) is 0 Å². The van der Waals surface area contributed by atoms with Gasteiger partial charge in [0.15, 0.2) is 0 Å². The molecule has 0 spiro atoms. The Morgan fingerprint density at radius 3 is 2.63 bits per heavy atom. The normalized spacial score (nSPS) is 26.5. The first-order valence-corrected chi connectivity index (χ1v) is 6.82. The average molecular weight is 268 g/mol. The number of hydrogen-bond donors (Lipinski definition) is 2. The van der Waals surface area contributed by atoms with Crippen LogP contribution in [0.2, 0.25) is 0 Å². The van der Waals surface area contributed by atoms with Crippen LogP contribution in [0.15, 0.2) is 12.7 Å². The molecule has 0 radical (unpaired) electrons. The largest absolute Gasteiger partial charge is 0.480 e. The van der Waals surface area contributed by atoms with Crippen LogP contribution in [-0.2, 0) is 4.79 Å². The number of nitrogens with one attached hydrogen (secondary N) is 1. The van der Waals surface area contributed by atoms with Crippen LogP contribution in [-0.4, -0.2) is 41.1 Å². The molecule has 0 aromatic heterocycles. The van der Waals surface area contributed by atoms with Crippen molar-refractivity contribution in [1.82, 2.24) is 10.2 Å². The average Bonchev–Trinajstić information content (AvgIpc) is 2.31. The van der Waals surface area contributed by atoms with Gasteiger partial charge in [-0.05, 0) is 31.1 Å². The molecule has 5 nitrogen and oxygen atoms in total. The monoisotopic (exact) mass is 268 g/mol. The molecule has 5 heteroatoms. The number of nitrogens with zero attached hydrogens (tertiary/aromatic N) is 1. The van der Waals surface area contributed by atoms with Crippen molar-refractivity contribution in [2.45, 2.75) is 39.2 Å². The molecule has 19 heavy (non-hydrogen) atoms. The van der Waals surface area contributed by atoms with Gasteiger partial charge in [-0.25, -0.2) is 4.79 Å². The minimum absolute atomic E-state index is 0.143. The maximum atomic E-state index is 12.1. The van der Waals surface area contributed by atoms with Crippen molar-refractivity contribution in [3.63, 3.8) is 0 Å². The lowest BCUT2D eigenvalue weighted by atomic mass is 9.80. The predicted octanol–water partition coefficient (Wildman–Crippen LogP) is 2.09. The zero-order valence-electron chi connectivity index (χ0n) is 11.8. The van der Waals surface area contributed by atoms with Crippen LogP contribution in [0.25, 0.3) is 0 Å². The van der Waals surface area contributed by atoms with Gasteiger partial charge in [0.1, 0.15) is 6.54 Å². The Morgan fingerprint density at radius 2 is 2.11 bits per heavy atom. The van der Waals surface area contributed by atoms with E-state index in [1.54, 1.807) is 0 Å². The number of carboxylic acid groups (broad SMARTS) is 1. The Kier molecular flexibility index (Phi) is 5.86. The van der Waals surface area contributed by atoms with E-state index in [4.69, 9.17) is 5.11 Å². The second kappa shape index (κ2) is 7.16. The summed E-state index contributed by atoms with van der Waals surface area (Å²) < 4.78 is 0. The summed E-state index contributed by atoms with van der Waals surface area (Å²) in [5, 5.41) is 11.8. The van der Waals surface area contributed by atoms with E-state index in [1.807, 2.05) is 0 Å². The fourth-order valence-corrected chi connectivity index (χ4v) is 2.67. The number of amides is 2. The molecule has 3 unspecified atom stereocenters. The van der Waals surface area contributed by atoms with Gasteiger partial charge in [-0.1, -0.05) is 19.9 Å². The number of aliphatic carboxylic acids is 1. The van der Waals surface area contributed by atoms with Crippen molar-refractivity contribution in [3.05, 3.63) is 12.7 Å². The van der Waals surface area contributed by atoms with E-state index in [9.17, 15) is 9.59 Å². The molecule has 0 aromatic rings. The number of urea groups is 1. The first-order chi connectivity index (χ1) is 8.93. The van der Waals surface area contributed by atoms with Crippen LogP contribution < -0.4 is 5.32 Å². The lowest BCUT2D eigenvalue weighted by molar-refractivity contribution is -0.137. The molecule has 2 amide bonds. The van der Waals surface area contributed by atoms with Gasteiger partial charge in [0, 0.05) is 12.6 Å². The fraction of sp³-hybridized carbons (Fsp3) is 0.714. The van der Waals surface area contributed by atoms with Crippen LogP contribution >= 0.6 is 0 Å². The van der Waals surface area contributed by atoms with E-state index in [0.717, 1.165) is 19.3 Å². The molecular formula is C14H24N2O3. The third-order valence-electron chi connectivity index (χ3n) is 3.70. The van der Waals surface area contributed by atoms with Gasteiger partial charge < -0.3 is 15.3 Å². The molecule has 1 fully saturated rings. The summed E-state index contributed by atoms with van der Waals surface area (Å²) in [5.41, 5.74) is 0. The van der Waals surface area contributed by atoms with E-state index in [-0.39, 0.29) is 25.2 Å². The van der Waals surface area contributed by atoms with Crippen LogP contribution in [0.1, 0.15) is 33.1 Å². The van der Waals surface area contributed by atoms with Gasteiger partial charge in [-0.2, -0.15) is 0 Å². The van der Waals surface area contributed by atoms with E-state index in [1.165, 1.54) is 11.0 Å². The van der Waals surface area contributed by atoms with Gasteiger partial charge in [0.25, 0.3) is 0 Å². The Balaban J connectivity index is 2.55. The molecule has 1 aliphatic carbocycles. The second-order valence-corrected chi connectivity index (χ2v) is 5.51. The highest BCUT2D eigenvalue weighted by Crippen LogP contribution is 2.28. The molecule has 0 bridgehead atoms. The highest BCUT2D eigenvalue weighted by atomic mass is 16.4. The highest BCUT2D eigenvalue weighted by molar-refractivity contribution is 5.80. The van der Waals surface area contributed by atoms with E-state index >= 15 is 0 Å². The number of carbonyl (C=O) groups excluding carboxylic acids is 1. The van der Waals surface area contributed by atoms with Crippen molar-refractivity contribution in [1.29, 1.82) is 0 Å². The van der Waals surface area contributed by atoms with E-state index in [2.05, 4.69) is 25.7 Å². The van der Waals surface area contributed by atoms with Crippen molar-refractivity contribution in [2.24, 2.45) is 11.8 Å². The van der Waals surface area contributed by atoms with Crippen molar-refractivity contribution >= 4 is 12.0 Å². The first kappa shape index (κ1) is 15.5. The third kappa shape index (κ3) is 4.93. The third-order valence-corrected chi connectivity index (χ3v) is 3.70. The fourth-order valence-electron chi connectivity index (χ4n) is 2.67. The van der Waals surface area contributed by atoms with Gasteiger partial charge in [0.05, 0.1) is 0 Å². The van der Waals surface area contributed by atoms with Crippen LogP contribution in [0.5, 0.6) is 0 Å². The molecule has 1 rings (SSSR count).